The van der Waals surface area contributed by atoms with Gasteiger partial charge in [-0.25, -0.2) is 4.39 Å². The molecule has 0 radical (unpaired) electrons. The molecule has 0 atom stereocenters. The third-order valence-electron chi connectivity index (χ3n) is 1.87. The van der Waals surface area contributed by atoms with Crippen molar-refractivity contribution in [3.8, 4) is 0 Å². The van der Waals surface area contributed by atoms with Crippen LogP contribution in [0.4, 0.5) is 10.1 Å². The molecular weight excluding hydrogens is 268 g/mol. The van der Waals surface area contributed by atoms with E-state index in [2.05, 4.69) is 27.9 Å². The van der Waals surface area contributed by atoms with Gasteiger partial charge in [-0.15, -0.1) is 0 Å². The first kappa shape index (κ1) is 8.29. The Labute approximate surface area is 84.5 Å². The molecule has 0 aromatic heterocycles. The minimum absolute atomic E-state index is 0.166. The Kier molecular flexibility index (Phi) is 2.21. The molecular formula is C9H9FIN. The van der Waals surface area contributed by atoms with Crippen molar-refractivity contribution in [2.45, 2.75) is 18.9 Å². The largest absolute Gasteiger partial charge is 0.381 e. The molecule has 0 spiro atoms. The standard InChI is InChI=1S/C9H9FIN/c10-6-1-4-9(8(11)5-6)12-7-2-3-7/h1,4-5,7,12H,2-3H2. The van der Waals surface area contributed by atoms with E-state index in [1.807, 2.05) is 0 Å². The first-order valence-corrected chi connectivity index (χ1v) is 5.05. The molecule has 1 N–H and O–H groups in total. The van der Waals surface area contributed by atoms with E-state index in [9.17, 15) is 4.39 Å². The second-order valence-corrected chi connectivity index (χ2v) is 4.20. The van der Waals surface area contributed by atoms with E-state index in [1.54, 1.807) is 12.1 Å². The fourth-order valence-electron chi connectivity index (χ4n) is 1.05. The highest BCUT2D eigenvalue weighted by molar-refractivity contribution is 14.1. The van der Waals surface area contributed by atoms with E-state index in [0.717, 1.165) is 9.26 Å². The lowest BCUT2D eigenvalue weighted by molar-refractivity contribution is 0.627. The molecule has 1 aliphatic carbocycles. The van der Waals surface area contributed by atoms with Crippen LogP contribution in [0.5, 0.6) is 0 Å². The predicted molar refractivity (Wildman–Crippen MR) is 55.8 cm³/mol. The maximum atomic E-state index is 12.7. The number of hydrogen-bond donors (Lipinski definition) is 1. The highest BCUT2D eigenvalue weighted by Gasteiger charge is 2.21. The van der Waals surface area contributed by atoms with Gasteiger partial charge < -0.3 is 5.32 Å². The molecule has 1 aliphatic rings. The molecule has 64 valence electrons. The molecule has 1 saturated carbocycles. The Balaban J connectivity index is 2.18. The van der Waals surface area contributed by atoms with Crippen molar-refractivity contribution < 1.29 is 4.39 Å². The van der Waals surface area contributed by atoms with Crippen LogP contribution < -0.4 is 5.32 Å². The monoisotopic (exact) mass is 277 g/mol. The average Bonchev–Trinajstić information content (AvgIpc) is 2.79. The van der Waals surface area contributed by atoms with Crippen molar-refractivity contribution in [3.63, 3.8) is 0 Å². The van der Waals surface area contributed by atoms with Crippen LogP contribution in [-0.2, 0) is 0 Å². The zero-order valence-electron chi connectivity index (χ0n) is 6.48. The highest BCUT2D eigenvalue weighted by Crippen LogP contribution is 2.27. The van der Waals surface area contributed by atoms with Crippen LogP contribution in [0.3, 0.4) is 0 Å². The summed E-state index contributed by atoms with van der Waals surface area (Å²) in [6, 6.07) is 5.47. The third kappa shape index (κ3) is 1.88. The van der Waals surface area contributed by atoms with E-state index >= 15 is 0 Å². The topological polar surface area (TPSA) is 12.0 Å². The van der Waals surface area contributed by atoms with Gasteiger partial charge in [0.25, 0.3) is 0 Å². The summed E-state index contributed by atoms with van der Waals surface area (Å²) in [6.45, 7) is 0. The van der Waals surface area contributed by atoms with E-state index in [1.165, 1.54) is 18.9 Å². The van der Waals surface area contributed by atoms with Crippen molar-refractivity contribution in [3.05, 3.63) is 27.6 Å². The molecule has 2 rings (SSSR count). The van der Waals surface area contributed by atoms with Crippen molar-refractivity contribution in [2.24, 2.45) is 0 Å². The van der Waals surface area contributed by atoms with Gasteiger partial charge >= 0.3 is 0 Å². The summed E-state index contributed by atoms with van der Waals surface area (Å²) in [4.78, 5) is 0. The Hall–Kier alpha value is -0.320. The smallest absolute Gasteiger partial charge is 0.124 e. The molecule has 1 aromatic carbocycles. The van der Waals surface area contributed by atoms with Gasteiger partial charge in [0.05, 0.1) is 0 Å². The highest BCUT2D eigenvalue weighted by atomic mass is 127. The first-order valence-electron chi connectivity index (χ1n) is 3.97. The maximum Gasteiger partial charge on any atom is 0.124 e. The van der Waals surface area contributed by atoms with Gasteiger partial charge in [0.2, 0.25) is 0 Å². The molecule has 0 aliphatic heterocycles. The average molecular weight is 277 g/mol. The minimum Gasteiger partial charge on any atom is -0.381 e. The fourth-order valence-corrected chi connectivity index (χ4v) is 1.69. The van der Waals surface area contributed by atoms with Gasteiger partial charge in [0, 0.05) is 15.3 Å². The van der Waals surface area contributed by atoms with Gasteiger partial charge in [-0.1, -0.05) is 0 Å². The number of rotatable bonds is 2. The first-order chi connectivity index (χ1) is 5.75. The second kappa shape index (κ2) is 3.20. The van der Waals surface area contributed by atoms with E-state index in [0.29, 0.717) is 6.04 Å². The molecule has 0 bridgehead atoms. The Bertz CT molecular complexity index is 297. The van der Waals surface area contributed by atoms with E-state index < -0.39 is 0 Å². The maximum absolute atomic E-state index is 12.7. The fraction of sp³-hybridized carbons (Fsp3) is 0.333. The van der Waals surface area contributed by atoms with Crippen molar-refractivity contribution in [2.75, 3.05) is 5.32 Å². The van der Waals surface area contributed by atoms with E-state index in [4.69, 9.17) is 0 Å². The minimum atomic E-state index is -0.166. The van der Waals surface area contributed by atoms with Gasteiger partial charge in [-0.3, -0.25) is 0 Å². The van der Waals surface area contributed by atoms with E-state index in [-0.39, 0.29) is 5.82 Å². The Morgan fingerprint density at radius 1 is 1.42 bits per heavy atom. The lowest BCUT2D eigenvalue weighted by Gasteiger charge is -2.06. The quantitative estimate of drug-likeness (QED) is 0.819. The van der Waals surface area contributed by atoms with Crippen LogP contribution in [0, 0.1) is 9.39 Å². The van der Waals surface area contributed by atoms with Crippen LogP contribution in [-0.4, -0.2) is 6.04 Å². The van der Waals surface area contributed by atoms with Crippen molar-refractivity contribution in [1.82, 2.24) is 0 Å². The van der Waals surface area contributed by atoms with Crippen molar-refractivity contribution in [1.29, 1.82) is 0 Å². The molecule has 12 heavy (non-hydrogen) atoms. The summed E-state index contributed by atoms with van der Waals surface area (Å²) in [7, 11) is 0. The summed E-state index contributed by atoms with van der Waals surface area (Å²) >= 11 is 2.14. The number of benzene rings is 1. The number of nitrogens with one attached hydrogen (secondary N) is 1. The number of halogens is 2. The lowest BCUT2D eigenvalue weighted by atomic mass is 10.3. The predicted octanol–water partition coefficient (Wildman–Crippen LogP) is 3.00. The van der Waals surface area contributed by atoms with Gasteiger partial charge in [0.1, 0.15) is 5.82 Å². The number of hydrogen-bond acceptors (Lipinski definition) is 1. The van der Waals surface area contributed by atoms with Crippen LogP contribution >= 0.6 is 22.6 Å². The van der Waals surface area contributed by atoms with Crippen LogP contribution in [0.25, 0.3) is 0 Å². The molecule has 1 nitrogen and oxygen atoms in total. The molecule has 1 fully saturated rings. The number of anilines is 1. The zero-order chi connectivity index (χ0) is 8.55. The molecule has 0 heterocycles. The second-order valence-electron chi connectivity index (χ2n) is 3.04. The molecule has 1 aromatic rings. The molecule has 0 saturated heterocycles. The summed E-state index contributed by atoms with van der Waals surface area (Å²) in [5.74, 6) is -0.166. The van der Waals surface area contributed by atoms with Gasteiger partial charge in [-0.05, 0) is 53.6 Å². The van der Waals surface area contributed by atoms with Crippen molar-refractivity contribution >= 4 is 28.3 Å². The summed E-state index contributed by atoms with van der Waals surface area (Å²) in [5, 5.41) is 3.34. The molecule has 3 heteroatoms. The molecule has 0 unspecified atom stereocenters. The van der Waals surface area contributed by atoms with Gasteiger partial charge in [-0.2, -0.15) is 0 Å². The van der Waals surface area contributed by atoms with Crippen LogP contribution in [0.1, 0.15) is 12.8 Å². The summed E-state index contributed by atoms with van der Waals surface area (Å²) in [5.41, 5.74) is 1.06. The summed E-state index contributed by atoms with van der Waals surface area (Å²) < 4.78 is 13.6. The normalized spacial score (nSPS) is 16.2. The van der Waals surface area contributed by atoms with Crippen LogP contribution in [0.2, 0.25) is 0 Å². The zero-order valence-corrected chi connectivity index (χ0v) is 8.64. The lowest BCUT2D eigenvalue weighted by Crippen LogP contribution is -2.02. The molecule has 0 amide bonds. The van der Waals surface area contributed by atoms with Gasteiger partial charge in [0.15, 0.2) is 0 Å². The Morgan fingerprint density at radius 2 is 2.17 bits per heavy atom. The third-order valence-corrected chi connectivity index (χ3v) is 2.76. The Morgan fingerprint density at radius 3 is 2.75 bits per heavy atom. The van der Waals surface area contributed by atoms with Crippen LogP contribution in [0.15, 0.2) is 18.2 Å². The summed E-state index contributed by atoms with van der Waals surface area (Å²) in [6.07, 6.45) is 2.49. The SMILES string of the molecule is Fc1ccc(NC2CC2)c(I)c1.